The van der Waals surface area contributed by atoms with Gasteiger partial charge in [0.1, 0.15) is 25.9 Å². The van der Waals surface area contributed by atoms with Crippen molar-refractivity contribution in [3.63, 3.8) is 0 Å². The second-order valence-corrected chi connectivity index (χ2v) is 7.47. The molecular formula is C23H27NO6. The number of quaternary nitrogens is 1. The lowest BCUT2D eigenvalue weighted by Gasteiger charge is -2.35. The Balaban J connectivity index is 2.30. The fourth-order valence-corrected chi connectivity index (χ4v) is 3.16. The number of methoxy groups -OCH3 is 1. The molecule has 2 atom stereocenters. The highest BCUT2D eigenvalue weighted by atomic mass is 16.7. The van der Waals surface area contributed by atoms with Gasteiger partial charge in [-0.3, -0.25) is 0 Å². The predicted molar refractivity (Wildman–Crippen MR) is 110 cm³/mol. The summed E-state index contributed by atoms with van der Waals surface area (Å²) in [5.74, 6) is -2.16. The van der Waals surface area contributed by atoms with E-state index in [1.54, 1.807) is 55.6 Å². The highest BCUT2D eigenvalue weighted by Gasteiger charge is 2.32. The second kappa shape index (κ2) is 9.93. The van der Waals surface area contributed by atoms with Crippen molar-refractivity contribution in [1.29, 1.82) is 0 Å². The summed E-state index contributed by atoms with van der Waals surface area (Å²) in [5.41, 5.74) is 0.426. The zero-order chi connectivity index (χ0) is 22.3. The average Bonchev–Trinajstić information content (AvgIpc) is 2.71. The number of ether oxygens (including phenoxy) is 1. The number of carboxylic acids is 2. The van der Waals surface area contributed by atoms with Crippen molar-refractivity contribution in [2.45, 2.75) is 25.3 Å². The molecule has 0 aliphatic heterocycles. The van der Waals surface area contributed by atoms with E-state index in [4.69, 9.17) is 14.7 Å². The molecule has 0 aromatic heterocycles. The minimum atomic E-state index is -1.50. The Morgan fingerprint density at radius 3 is 2.13 bits per heavy atom. The summed E-state index contributed by atoms with van der Waals surface area (Å²) < 4.78 is 5.25. The van der Waals surface area contributed by atoms with Gasteiger partial charge in [-0.2, -0.15) is 0 Å². The fourth-order valence-electron chi connectivity index (χ4n) is 3.16. The summed E-state index contributed by atoms with van der Waals surface area (Å²) >= 11 is 0. The summed E-state index contributed by atoms with van der Waals surface area (Å²) in [6.07, 6.45) is 1.05. The number of carbonyl (C=O) groups is 2. The van der Waals surface area contributed by atoms with Gasteiger partial charge in [-0.15, -0.1) is 4.65 Å². The van der Waals surface area contributed by atoms with Crippen molar-refractivity contribution in [2.75, 3.05) is 21.2 Å². The van der Waals surface area contributed by atoms with Crippen molar-refractivity contribution < 1.29 is 34.0 Å². The molecule has 7 nitrogen and oxygen atoms in total. The number of hydrogen-bond donors (Lipinski definition) is 1. The van der Waals surface area contributed by atoms with Gasteiger partial charge < -0.3 is 24.6 Å². The van der Waals surface area contributed by atoms with Gasteiger partial charge in [-0.05, 0) is 42.3 Å². The van der Waals surface area contributed by atoms with Crippen LogP contribution in [-0.4, -0.2) is 48.9 Å². The van der Waals surface area contributed by atoms with E-state index in [1.165, 1.54) is 0 Å². The first-order valence-corrected chi connectivity index (χ1v) is 9.52. The second-order valence-electron chi connectivity index (χ2n) is 7.47. The van der Waals surface area contributed by atoms with Crippen molar-refractivity contribution in [3.8, 4) is 11.5 Å². The molecule has 160 valence electrons. The lowest BCUT2D eigenvalue weighted by atomic mass is 9.85. The molecule has 0 saturated carbocycles. The topological polar surface area (TPSA) is 95.9 Å². The van der Waals surface area contributed by atoms with Crippen LogP contribution in [0.5, 0.6) is 11.5 Å². The summed E-state index contributed by atoms with van der Waals surface area (Å²) in [7, 11) is 5.30. The van der Waals surface area contributed by atoms with Gasteiger partial charge in [0.05, 0.1) is 13.1 Å². The predicted octanol–water partition coefficient (Wildman–Crippen LogP) is 2.39. The Morgan fingerprint density at radius 2 is 1.63 bits per heavy atom. The maximum Gasteiger partial charge on any atom is 0.328 e. The highest BCUT2D eigenvalue weighted by Crippen LogP contribution is 2.32. The third-order valence-electron chi connectivity index (χ3n) is 5.13. The van der Waals surface area contributed by atoms with Crippen LogP contribution in [-0.2, 0) is 9.59 Å². The molecule has 2 rings (SSSR count). The van der Waals surface area contributed by atoms with Gasteiger partial charge in [-0.25, -0.2) is 4.79 Å². The van der Waals surface area contributed by atoms with E-state index in [-0.39, 0.29) is 16.3 Å². The zero-order valence-corrected chi connectivity index (χ0v) is 17.6. The number of benzene rings is 2. The molecule has 30 heavy (non-hydrogen) atoms. The molecule has 2 aromatic carbocycles. The van der Waals surface area contributed by atoms with Crippen LogP contribution < -0.4 is 14.7 Å². The molecule has 0 bridgehead atoms. The van der Waals surface area contributed by atoms with Crippen LogP contribution in [0.2, 0.25) is 0 Å². The lowest BCUT2D eigenvalue weighted by Crippen LogP contribution is -2.50. The molecule has 2 unspecified atom stereocenters. The molecule has 0 heterocycles. The van der Waals surface area contributed by atoms with Gasteiger partial charge in [0.2, 0.25) is 0 Å². The minimum Gasteiger partial charge on any atom is -0.545 e. The Labute approximate surface area is 176 Å². The van der Waals surface area contributed by atoms with Crippen molar-refractivity contribution >= 4 is 11.9 Å². The highest BCUT2D eigenvalue weighted by molar-refractivity contribution is 5.94. The van der Waals surface area contributed by atoms with Crippen molar-refractivity contribution in [3.05, 3.63) is 71.8 Å². The van der Waals surface area contributed by atoms with E-state index >= 15 is 0 Å². The van der Waals surface area contributed by atoms with Crippen LogP contribution in [0.1, 0.15) is 24.8 Å². The van der Waals surface area contributed by atoms with Crippen molar-refractivity contribution in [1.82, 2.24) is 0 Å². The molecule has 0 spiro atoms. The van der Waals surface area contributed by atoms with Crippen molar-refractivity contribution in [2.24, 2.45) is 0 Å². The molecule has 0 aliphatic rings. The van der Waals surface area contributed by atoms with Gasteiger partial charge in [0, 0.05) is 18.4 Å². The fraction of sp³-hybridized carbons (Fsp3) is 0.304. The summed E-state index contributed by atoms with van der Waals surface area (Å²) in [5, 5.41) is 20.9. The number of carboxylic acid groups (broad SMARTS) is 2. The lowest BCUT2D eigenvalue weighted by molar-refractivity contribution is -1.07. The number of rotatable bonds is 10. The number of carbonyl (C=O) groups excluding carboxylic acids is 1. The Morgan fingerprint density at radius 1 is 1.07 bits per heavy atom. The molecule has 0 fully saturated rings. The molecule has 0 saturated heterocycles. The zero-order valence-electron chi connectivity index (χ0n) is 17.6. The number of hydroxylamine groups is 3. The van der Waals surface area contributed by atoms with E-state index in [1.807, 2.05) is 27.1 Å². The Hall–Kier alpha value is -3.32. The van der Waals surface area contributed by atoms with E-state index in [0.717, 1.165) is 0 Å². The van der Waals surface area contributed by atoms with E-state index in [0.29, 0.717) is 29.6 Å². The third kappa shape index (κ3) is 6.09. The Kier molecular flexibility index (Phi) is 7.60. The SMILES string of the molecule is COc1ccc(O[N+](C)(C)C(C)CC(/C(=C\C(=O)O)C(=O)[O-])c2ccccc2)cc1. The van der Waals surface area contributed by atoms with Crippen LogP contribution >= 0.6 is 0 Å². The Bertz CT molecular complexity index is 890. The largest absolute Gasteiger partial charge is 0.545 e. The number of hydrogen-bond acceptors (Lipinski definition) is 5. The molecule has 0 aliphatic carbocycles. The van der Waals surface area contributed by atoms with Crippen LogP contribution in [0.4, 0.5) is 0 Å². The molecule has 0 radical (unpaired) electrons. The van der Waals surface area contributed by atoms with Gasteiger partial charge in [-0.1, -0.05) is 30.3 Å². The minimum absolute atomic E-state index is 0.100. The van der Waals surface area contributed by atoms with Gasteiger partial charge >= 0.3 is 5.97 Å². The summed E-state index contributed by atoms with van der Waals surface area (Å²) in [4.78, 5) is 29.1. The maximum atomic E-state index is 11.7. The average molecular weight is 413 g/mol. The third-order valence-corrected chi connectivity index (χ3v) is 5.13. The van der Waals surface area contributed by atoms with E-state index in [2.05, 4.69) is 0 Å². The molecular weight excluding hydrogens is 386 g/mol. The summed E-state index contributed by atoms with van der Waals surface area (Å²) in [6, 6.07) is 15.9. The normalized spacial score (nSPS) is 13.9. The molecule has 1 N–H and O–H groups in total. The van der Waals surface area contributed by atoms with Crippen LogP contribution in [0, 0.1) is 0 Å². The van der Waals surface area contributed by atoms with Crippen LogP contribution in [0.25, 0.3) is 0 Å². The van der Waals surface area contributed by atoms with Crippen LogP contribution in [0.3, 0.4) is 0 Å². The van der Waals surface area contributed by atoms with Gasteiger partial charge in [0.25, 0.3) is 0 Å². The molecule has 2 aromatic rings. The maximum absolute atomic E-state index is 11.7. The first-order chi connectivity index (χ1) is 14.1. The molecule has 0 amide bonds. The molecule has 7 heteroatoms. The van der Waals surface area contributed by atoms with E-state index in [9.17, 15) is 14.7 Å². The first kappa shape index (κ1) is 23.0. The van der Waals surface area contributed by atoms with E-state index < -0.39 is 17.9 Å². The quantitative estimate of drug-likeness (QED) is 0.365. The first-order valence-electron chi connectivity index (χ1n) is 9.52. The monoisotopic (exact) mass is 413 g/mol. The number of nitrogens with zero attached hydrogens (tertiary/aromatic N) is 1. The van der Waals surface area contributed by atoms with Crippen LogP contribution in [0.15, 0.2) is 66.2 Å². The standard InChI is InChI=1S/C23H27NO6/c1-16(24(2,3)30-19-12-10-18(29-4)11-13-19)14-20(17-8-6-5-7-9-17)21(23(27)28)15-22(25)26/h5-13,15-16,20H,14H2,1-4H3,(H-,25,26,27,28)/b21-15+. The summed E-state index contributed by atoms with van der Waals surface area (Å²) in [6.45, 7) is 1.92. The number of aliphatic carboxylic acids is 2. The smallest absolute Gasteiger partial charge is 0.328 e. The van der Waals surface area contributed by atoms with Gasteiger partial charge in [0.15, 0.2) is 5.75 Å².